The van der Waals surface area contributed by atoms with Crippen molar-refractivity contribution in [1.29, 1.82) is 0 Å². The second kappa shape index (κ2) is 4.47. The number of hydrogen-bond donors (Lipinski definition) is 0. The predicted octanol–water partition coefficient (Wildman–Crippen LogP) is 3.96. The molecule has 0 aromatic heterocycles. The number of carbonyl (C=O) groups excluding carboxylic acids is 1. The third kappa shape index (κ3) is 2.41. The zero-order valence-electron chi connectivity index (χ0n) is 11.9. The molecule has 98 valence electrons. The van der Waals surface area contributed by atoms with E-state index in [0.717, 1.165) is 6.42 Å². The standard InChI is InChI=1S/C15H26O2/c1-7-12(16)17-11-15(6)10-8-9-13(2,3)14(15,4)5/h7H,1,8-11H2,2-6H3. The quantitative estimate of drug-likeness (QED) is 0.549. The summed E-state index contributed by atoms with van der Waals surface area (Å²) in [5.74, 6) is -0.314. The molecule has 0 N–H and O–H groups in total. The minimum Gasteiger partial charge on any atom is -0.462 e. The van der Waals surface area contributed by atoms with Gasteiger partial charge in [0.2, 0.25) is 0 Å². The Hall–Kier alpha value is -0.790. The molecular formula is C15H26O2. The molecule has 1 atom stereocenters. The topological polar surface area (TPSA) is 26.3 Å². The number of rotatable bonds is 3. The molecule has 1 fully saturated rings. The summed E-state index contributed by atoms with van der Waals surface area (Å²) in [4.78, 5) is 11.2. The fourth-order valence-electron chi connectivity index (χ4n) is 2.90. The Labute approximate surface area is 105 Å². The zero-order chi connectivity index (χ0) is 13.3. The van der Waals surface area contributed by atoms with Crippen molar-refractivity contribution < 1.29 is 9.53 Å². The molecule has 2 heteroatoms. The summed E-state index contributed by atoms with van der Waals surface area (Å²) in [5.41, 5.74) is 0.480. The summed E-state index contributed by atoms with van der Waals surface area (Å²) in [7, 11) is 0. The van der Waals surface area contributed by atoms with Crippen LogP contribution in [0.15, 0.2) is 12.7 Å². The number of esters is 1. The SMILES string of the molecule is C=CC(=O)OCC1(C)CCCC(C)(C)C1(C)C. The maximum absolute atomic E-state index is 11.2. The summed E-state index contributed by atoms with van der Waals surface area (Å²) in [5, 5.41) is 0. The van der Waals surface area contributed by atoms with Crippen molar-refractivity contribution in [1.82, 2.24) is 0 Å². The van der Waals surface area contributed by atoms with Crippen molar-refractivity contribution in [2.24, 2.45) is 16.2 Å². The molecule has 0 spiro atoms. The van der Waals surface area contributed by atoms with Crippen molar-refractivity contribution >= 4 is 5.97 Å². The van der Waals surface area contributed by atoms with Crippen molar-refractivity contribution in [3.05, 3.63) is 12.7 Å². The summed E-state index contributed by atoms with van der Waals surface area (Å²) in [6.45, 7) is 15.4. The molecule has 0 amide bonds. The molecule has 1 rings (SSSR count). The highest BCUT2D eigenvalue weighted by atomic mass is 16.5. The third-order valence-corrected chi connectivity index (χ3v) is 5.43. The highest BCUT2D eigenvalue weighted by Gasteiger charge is 2.53. The first-order valence-corrected chi connectivity index (χ1v) is 6.45. The second-order valence-electron chi connectivity index (χ2n) is 6.73. The number of hydrogen-bond acceptors (Lipinski definition) is 2. The van der Waals surface area contributed by atoms with E-state index in [-0.39, 0.29) is 22.2 Å². The molecule has 0 saturated heterocycles. The lowest BCUT2D eigenvalue weighted by Gasteiger charge is -2.57. The maximum atomic E-state index is 11.2. The van der Waals surface area contributed by atoms with Crippen LogP contribution in [0, 0.1) is 16.2 Å². The van der Waals surface area contributed by atoms with Gasteiger partial charge < -0.3 is 4.74 Å². The normalized spacial score (nSPS) is 30.6. The molecule has 1 saturated carbocycles. The minimum atomic E-state index is -0.314. The van der Waals surface area contributed by atoms with Gasteiger partial charge in [-0.2, -0.15) is 0 Å². The molecule has 1 unspecified atom stereocenters. The minimum absolute atomic E-state index is 0.0490. The van der Waals surface area contributed by atoms with E-state index >= 15 is 0 Å². The van der Waals surface area contributed by atoms with Gasteiger partial charge in [0.1, 0.15) is 0 Å². The van der Waals surface area contributed by atoms with Crippen LogP contribution >= 0.6 is 0 Å². The van der Waals surface area contributed by atoms with Crippen LogP contribution in [-0.2, 0) is 9.53 Å². The molecular weight excluding hydrogens is 212 g/mol. The van der Waals surface area contributed by atoms with Crippen molar-refractivity contribution in [3.8, 4) is 0 Å². The first-order chi connectivity index (χ1) is 7.66. The number of carbonyl (C=O) groups is 1. The van der Waals surface area contributed by atoms with E-state index in [2.05, 4.69) is 41.2 Å². The van der Waals surface area contributed by atoms with Gasteiger partial charge >= 0.3 is 5.97 Å². The van der Waals surface area contributed by atoms with E-state index in [1.165, 1.54) is 18.9 Å². The highest BCUT2D eigenvalue weighted by molar-refractivity contribution is 5.81. The van der Waals surface area contributed by atoms with Gasteiger partial charge in [-0.15, -0.1) is 0 Å². The lowest BCUT2D eigenvalue weighted by atomic mass is 9.48. The van der Waals surface area contributed by atoms with Crippen LogP contribution < -0.4 is 0 Å². The van der Waals surface area contributed by atoms with Crippen molar-refractivity contribution in [3.63, 3.8) is 0 Å². The highest BCUT2D eigenvalue weighted by Crippen LogP contribution is 2.59. The van der Waals surface area contributed by atoms with Crippen LogP contribution in [0.25, 0.3) is 0 Å². The van der Waals surface area contributed by atoms with Gasteiger partial charge in [-0.1, -0.05) is 47.6 Å². The van der Waals surface area contributed by atoms with E-state index in [0.29, 0.717) is 6.61 Å². The van der Waals surface area contributed by atoms with Crippen LogP contribution in [0.5, 0.6) is 0 Å². The number of ether oxygens (including phenoxy) is 1. The van der Waals surface area contributed by atoms with Gasteiger partial charge in [0, 0.05) is 11.5 Å². The Bertz CT molecular complexity index is 315. The van der Waals surface area contributed by atoms with Gasteiger partial charge in [0.25, 0.3) is 0 Å². The van der Waals surface area contributed by atoms with Gasteiger partial charge in [-0.3, -0.25) is 0 Å². The van der Waals surface area contributed by atoms with Crippen LogP contribution in [0.1, 0.15) is 53.9 Å². The van der Waals surface area contributed by atoms with E-state index in [1.807, 2.05) is 0 Å². The summed E-state index contributed by atoms with van der Waals surface area (Å²) in [6, 6.07) is 0. The Kier molecular flexibility index (Phi) is 3.75. The first-order valence-electron chi connectivity index (χ1n) is 6.45. The molecule has 1 aliphatic carbocycles. The lowest BCUT2D eigenvalue weighted by Crippen LogP contribution is -2.51. The van der Waals surface area contributed by atoms with E-state index in [1.54, 1.807) is 0 Å². The third-order valence-electron chi connectivity index (χ3n) is 5.43. The summed E-state index contributed by atoms with van der Waals surface area (Å²) < 4.78 is 5.31. The first kappa shape index (κ1) is 14.3. The van der Waals surface area contributed by atoms with Crippen LogP contribution in [0.2, 0.25) is 0 Å². The maximum Gasteiger partial charge on any atom is 0.330 e. The molecule has 2 nitrogen and oxygen atoms in total. The molecule has 0 aromatic carbocycles. The van der Waals surface area contributed by atoms with Crippen LogP contribution in [0.4, 0.5) is 0 Å². The summed E-state index contributed by atoms with van der Waals surface area (Å²) >= 11 is 0. The average Bonchev–Trinajstić information content (AvgIpc) is 2.23. The summed E-state index contributed by atoms with van der Waals surface area (Å²) in [6.07, 6.45) is 4.81. The Balaban J connectivity index is 2.86. The van der Waals surface area contributed by atoms with Gasteiger partial charge in [-0.05, 0) is 23.7 Å². The molecule has 0 aliphatic heterocycles. The van der Waals surface area contributed by atoms with Crippen LogP contribution in [0.3, 0.4) is 0 Å². The largest absolute Gasteiger partial charge is 0.462 e. The Morgan fingerprint density at radius 2 is 1.82 bits per heavy atom. The van der Waals surface area contributed by atoms with Crippen molar-refractivity contribution in [2.75, 3.05) is 6.61 Å². The monoisotopic (exact) mass is 238 g/mol. The fraction of sp³-hybridized carbons (Fsp3) is 0.800. The smallest absolute Gasteiger partial charge is 0.330 e. The van der Waals surface area contributed by atoms with Gasteiger partial charge in [-0.25, -0.2) is 4.79 Å². The van der Waals surface area contributed by atoms with Gasteiger partial charge in [0.15, 0.2) is 0 Å². The lowest BCUT2D eigenvalue weighted by molar-refractivity contribution is -0.154. The molecule has 0 bridgehead atoms. The average molecular weight is 238 g/mol. The predicted molar refractivity (Wildman–Crippen MR) is 70.7 cm³/mol. The molecule has 17 heavy (non-hydrogen) atoms. The molecule has 0 aromatic rings. The Morgan fingerprint density at radius 3 is 2.35 bits per heavy atom. The zero-order valence-corrected chi connectivity index (χ0v) is 11.9. The van der Waals surface area contributed by atoms with E-state index in [9.17, 15) is 4.79 Å². The molecule has 0 heterocycles. The van der Waals surface area contributed by atoms with Crippen molar-refractivity contribution in [2.45, 2.75) is 53.9 Å². The van der Waals surface area contributed by atoms with Gasteiger partial charge in [0.05, 0.1) is 6.61 Å². The molecule has 1 aliphatic rings. The van der Waals surface area contributed by atoms with Crippen LogP contribution in [-0.4, -0.2) is 12.6 Å². The molecule has 0 radical (unpaired) electrons. The Morgan fingerprint density at radius 1 is 1.24 bits per heavy atom. The second-order valence-corrected chi connectivity index (χ2v) is 6.73. The fourth-order valence-corrected chi connectivity index (χ4v) is 2.90. The van der Waals surface area contributed by atoms with E-state index in [4.69, 9.17) is 4.74 Å². The van der Waals surface area contributed by atoms with E-state index < -0.39 is 0 Å².